The summed E-state index contributed by atoms with van der Waals surface area (Å²) in [6.07, 6.45) is -0.336. The number of para-hydroxylation sites is 1. The first-order valence-electron chi connectivity index (χ1n) is 17.5. The largest absolute Gasteiger partial charge is 0.455 e. The van der Waals surface area contributed by atoms with Crippen molar-refractivity contribution in [1.29, 1.82) is 0 Å². The quantitative estimate of drug-likeness (QED) is 0.188. The van der Waals surface area contributed by atoms with Gasteiger partial charge < -0.3 is 9.73 Å². The van der Waals surface area contributed by atoms with Crippen LogP contribution in [0.1, 0.15) is 22.9 Å². The van der Waals surface area contributed by atoms with Gasteiger partial charge in [0.2, 0.25) is 0 Å². The molecule has 0 bridgehead atoms. The van der Waals surface area contributed by atoms with Crippen molar-refractivity contribution < 1.29 is 4.42 Å². The zero-order chi connectivity index (χ0) is 34.2. The van der Waals surface area contributed by atoms with Gasteiger partial charge in [-0.2, -0.15) is 0 Å². The molecule has 0 amide bonds. The highest BCUT2D eigenvalue weighted by Gasteiger charge is 2.26. The third-order valence-electron chi connectivity index (χ3n) is 10.3. The second-order valence-corrected chi connectivity index (χ2v) is 14.4. The van der Waals surface area contributed by atoms with Gasteiger partial charge in [0.1, 0.15) is 23.2 Å². The van der Waals surface area contributed by atoms with Crippen molar-refractivity contribution in [2.75, 3.05) is 0 Å². The van der Waals surface area contributed by atoms with E-state index in [1.165, 1.54) is 30.9 Å². The summed E-state index contributed by atoms with van der Waals surface area (Å²) in [6, 6.07) is 57.9. The molecule has 0 saturated carbocycles. The summed E-state index contributed by atoms with van der Waals surface area (Å²) >= 11 is 1.83. The molecular formula is C47H29N3OS. The summed E-state index contributed by atoms with van der Waals surface area (Å²) in [5.74, 6) is 1.46. The van der Waals surface area contributed by atoms with Crippen molar-refractivity contribution in [3.63, 3.8) is 0 Å². The van der Waals surface area contributed by atoms with Crippen LogP contribution in [0.2, 0.25) is 0 Å². The monoisotopic (exact) mass is 683 g/mol. The Labute approximate surface area is 303 Å². The number of nitrogens with zero attached hydrogens (tertiary/aromatic N) is 2. The number of thiophene rings is 1. The van der Waals surface area contributed by atoms with Crippen LogP contribution in [0.3, 0.4) is 0 Å². The fraction of sp³-hybridized carbons (Fsp3) is 0.0213. The lowest BCUT2D eigenvalue weighted by atomic mass is 9.95. The minimum absolute atomic E-state index is 0.336. The molecule has 52 heavy (non-hydrogen) atoms. The van der Waals surface area contributed by atoms with Gasteiger partial charge in [-0.1, -0.05) is 127 Å². The maximum absolute atomic E-state index is 6.76. The number of benzene rings is 8. The molecule has 1 aliphatic heterocycles. The van der Waals surface area contributed by atoms with Gasteiger partial charge >= 0.3 is 0 Å². The van der Waals surface area contributed by atoms with Crippen molar-refractivity contribution in [2.45, 2.75) is 6.17 Å². The fourth-order valence-corrected chi connectivity index (χ4v) is 9.04. The number of fused-ring (bicyclic) bond motifs is 9. The summed E-state index contributed by atoms with van der Waals surface area (Å²) in [4.78, 5) is 10.7. The summed E-state index contributed by atoms with van der Waals surface area (Å²) < 4.78 is 9.32. The number of hydrogen-bond acceptors (Lipinski definition) is 5. The summed E-state index contributed by atoms with van der Waals surface area (Å²) in [5.41, 5.74) is 6.93. The molecule has 2 aromatic heterocycles. The van der Waals surface area contributed by atoms with Gasteiger partial charge in [0, 0.05) is 47.6 Å². The summed E-state index contributed by atoms with van der Waals surface area (Å²) in [6.45, 7) is 0. The van der Waals surface area contributed by atoms with Gasteiger partial charge in [-0.15, -0.1) is 11.3 Å². The Morgan fingerprint density at radius 1 is 0.519 bits per heavy atom. The van der Waals surface area contributed by atoms with Gasteiger partial charge in [0.05, 0.1) is 0 Å². The van der Waals surface area contributed by atoms with Crippen LogP contribution in [0.25, 0.3) is 74.8 Å². The highest BCUT2D eigenvalue weighted by Crippen LogP contribution is 2.42. The van der Waals surface area contributed by atoms with Crippen molar-refractivity contribution in [3.05, 3.63) is 180 Å². The maximum atomic E-state index is 6.76. The van der Waals surface area contributed by atoms with E-state index in [1.54, 1.807) is 0 Å². The standard InChI is InChI=1S/C47H29N3OS/c1-2-12-28(13-3-1)45-48-46(50-47(49-45)39-26-29-14-4-5-15-31(29)33-16-6-7-17-34(33)39)38-25-24-32(44-43(38)37-19-8-10-20-40(37)51-44)30-22-23-36-35-18-9-11-21-41(35)52-42(36)27-30/h1-27,45H,(H,48,49,50). The van der Waals surface area contributed by atoms with Gasteiger partial charge in [0.25, 0.3) is 0 Å². The van der Waals surface area contributed by atoms with E-state index in [1.807, 2.05) is 23.5 Å². The molecule has 11 rings (SSSR count). The van der Waals surface area contributed by atoms with E-state index in [9.17, 15) is 0 Å². The predicted octanol–water partition coefficient (Wildman–Crippen LogP) is 12.4. The Kier molecular flexibility index (Phi) is 6.45. The number of hydrogen-bond donors (Lipinski definition) is 1. The lowest BCUT2D eigenvalue weighted by Crippen LogP contribution is -2.33. The SMILES string of the molecule is c1ccc(C2N=C(c3cc4ccccc4c4ccccc34)N=C(c3ccc(-c4ccc5c(c4)sc4ccccc45)c4oc5ccccc5c34)N2)cc1. The van der Waals surface area contributed by atoms with Crippen LogP contribution >= 0.6 is 11.3 Å². The van der Waals surface area contributed by atoms with Crippen LogP contribution in [-0.4, -0.2) is 11.7 Å². The molecule has 0 saturated heterocycles. The lowest BCUT2D eigenvalue weighted by Gasteiger charge is -2.25. The predicted molar refractivity (Wildman–Crippen MR) is 219 cm³/mol. The molecule has 1 N–H and O–H groups in total. The van der Waals surface area contributed by atoms with Crippen LogP contribution in [0.4, 0.5) is 0 Å². The number of amidine groups is 2. The molecule has 1 aliphatic rings. The summed E-state index contributed by atoms with van der Waals surface area (Å²) in [5, 5.41) is 13.1. The average Bonchev–Trinajstić information content (AvgIpc) is 3.79. The first kappa shape index (κ1) is 29.2. The molecule has 1 unspecified atom stereocenters. The van der Waals surface area contributed by atoms with E-state index in [4.69, 9.17) is 14.4 Å². The Balaban J connectivity index is 1.14. The Bertz CT molecular complexity index is 3120. The molecule has 0 aliphatic carbocycles. The Morgan fingerprint density at radius 2 is 1.21 bits per heavy atom. The van der Waals surface area contributed by atoms with Crippen LogP contribution in [0, 0.1) is 0 Å². The molecule has 0 radical (unpaired) electrons. The van der Waals surface area contributed by atoms with Gasteiger partial charge in [-0.05, 0) is 69.1 Å². The molecule has 0 fully saturated rings. The highest BCUT2D eigenvalue weighted by atomic mass is 32.1. The van der Waals surface area contributed by atoms with Crippen LogP contribution in [0.5, 0.6) is 0 Å². The normalized spacial score (nSPS) is 14.7. The molecule has 3 heterocycles. The van der Waals surface area contributed by atoms with Crippen LogP contribution in [0.15, 0.2) is 178 Å². The molecule has 1 atom stereocenters. The number of nitrogens with one attached hydrogen (secondary N) is 1. The van der Waals surface area contributed by atoms with Crippen molar-refractivity contribution in [3.8, 4) is 11.1 Å². The fourth-order valence-electron chi connectivity index (χ4n) is 7.90. The zero-order valence-corrected chi connectivity index (χ0v) is 28.7. The van der Waals surface area contributed by atoms with Gasteiger partial charge in [0.15, 0.2) is 5.84 Å². The second kappa shape index (κ2) is 11.5. The average molecular weight is 684 g/mol. The Morgan fingerprint density at radius 3 is 2.10 bits per heavy atom. The van der Waals surface area contributed by atoms with Gasteiger partial charge in [-0.3, -0.25) is 0 Å². The minimum Gasteiger partial charge on any atom is -0.455 e. The third-order valence-corrected chi connectivity index (χ3v) is 11.5. The van der Waals surface area contributed by atoms with Gasteiger partial charge in [-0.25, -0.2) is 9.98 Å². The van der Waals surface area contributed by atoms with Crippen molar-refractivity contribution in [2.24, 2.45) is 9.98 Å². The first-order valence-corrected chi connectivity index (χ1v) is 18.3. The third kappa shape index (κ3) is 4.53. The number of furan rings is 1. The molecule has 8 aromatic carbocycles. The number of aliphatic imine (C=N–C) groups is 2. The molecule has 10 aromatic rings. The van der Waals surface area contributed by atoms with Crippen molar-refractivity contribution >= 4 is 86.7 Å². The minimum atomic E-state index is -0.336. The van der Waals surface area contributed by atoms with E-state index < -0.39 is 0 Å². The maximum Gasteiger partial charge on any atom is 0.160 e. The van der Waals surface area contributed by atoms with Crippen LogP contribution < -0.4 is 5.32 Å². The first-order chi connectivity index (χ1) is 25.8. The topological polar surface area (TPSA) is 49.9 Å². The Hall–Kier alpha value is -6.56. The lowest BCUT2D eigenvalue weighted by molar-refractivity contribution is 0.668. The van der Waals surface area contributed by atoms with Crippen molar-refractivity contribution in [1.82, 2.24) is 5.32 Å². The molecular weight excluding hydrogens is 655 g/mol. The van der Waals surface area contributed by atoms with E-state index >= 15 is 0 Å². The zero-order valence-electron chi connectivity index (χ0n) is 27.9. The molecule has 4 nitrogen and oxygen atoms in total. The molecule has 244 valence electrons. The van der Waals surface area contributed by atoms with E-state index in [2.05, 4.69) is 157 Å². The molecule has 5 heteroatoms. The van der Waals surface area contributed by atoms with Crippen LogP contribution in [-0.2, 0) is 0 Å². The van der Waals surface area contributed by atoms with E-state index in [0.29, 0.717) is 5.84 Å². The second-order valence-electron chi connectivity index (χ2n) is 13.3. The molecule has 0 spiro atoms. The van der Waals surface area contributed by atoms with E-state index in [-0.39, 0.29) is 6.17 Å². The van der Waals surface area contributed by atoms with E-state index in [0.717, 1.165) is 66.4 Å². The highest BCUT2D eigenvalue weighted by molar-refractivity contribution is 7.25. The summed E-state index contributed by atoms with van der Waals surface area (Å²) in [7, 11) is 0. The number of rotatable bonds is 4. The smallest absolute Gasteiger partial charge is 0.160 e.